The van der Waals surface area contributed by atoms with Crippen LogP contribution in [0.2, 0.25) is 0 Å². The summed E-state index contributed by atoms with van der Waals surface area (Å²) in [6, 6.07) is 7.63. The number of ether oxygens (including phenoxy) is 1. The van der Waals surface area contributed by atoms with E-state index in [0.717, 1.165) is 5.56 Å². The number of cyclic esters (lactones) is 1. The Hall–Kier alpha value is -1.31. The molecule has 0 aliphatic carbocycles. The highest BCUT2D eigenvalue weighted by molar-refractivity contribution is 5.92. The molecule has 2 rings (SSSR count). The topological polar surface area (TPSA) is 26.3 Å². The van der Waals surface area contributed by atoms with Crippen LogP contribution in [-0.4, -0.2) is 12.6 Å². The third-order valence-corrected chi connectivity index (χ3v) is 2.44. The summed E-state index contributed by atoms with van der Waals surface area (Å²) in [5.41, 5.74) is 1.75. The Kier molecular flexibility index (Phi) is 1.65. The molecule has 1 aromatic carbocycles. The molecule has 68 valence electrons. The van der Waals surface area contributed by atoms with E-state index in [4.69, 9.17) is 4.74 Å². The van der Waals surface area contributed by atoms with Gasteiger partial charge in [0.1, 0.15) is 6.61 Å². The van der Waals surface area contributed by atoms with Crippen LogP contribution in [-0.2, 0) is 10.2 Å². The second kappa shape index (κ2) is 2.59. The van der Waals surface area contributed by atoms with E-state index in [-0.39, 0.29) is 11.4 Å². The van der Waals surface area contributed by atoms with E-state index in [2.05, 4.69) is 13.8 Å². The van der Waals surface area contributed by atoms with Gasteiger partial charge in [-0.2, -0.15) is 0 Å². The number of hydrogen-bond donors (Lipinski definition) is 0. The molecule has 0 fully saturated rings. The Morgan fingerprint density at radius 3 is 2.69 bits per heavy atom. The predicted molar refractivity (Wildman–Crippen MR) is 49.8 cm³/mol. The average Bonchev–Trinajstić information content (AvgIpc) is 2.13. The number of rotatable bonds is 0. The first-order valence-electron chi connectivity index (χ1n) is 4.38. The SMILES string of the molecule is CC1(C)COC(=O)c2ccccc21. The molecule has 0 atom stereocenters. The van der Waals surface area contributed by atoms with Crippen molar-refractivity contribution in [3.8, 4) is 0 Å². The van der Waals surface area contributed by atoms with Gasteiger partial charge < -0.3 is 4.74 Å². The number of benzene rings is 1. The summed E-state index contributed by atoms with van der Waals surface area (Å²) in [5.74, 6) is -0.199. The highest BCUT2D eigenvalue weighted by Gasteiger charge is 2.32. The first-order chi connectivity index (χ1) is 6.11. The van der Waals surface area contributed by atoms with Gasteiger partial charge in [-0.1, -0.05) is 32.0 Å². The van der Waals surface area contributed by atoms with E-state index in [1.54, 1.807) is 0 Å². The molecule has 13 heavy (non-hydrogen) atoms. The van der Waals surface area contributed by atoms with Crippen LogP contribution in [0.5, 0.6) is 0 Å². The number of carbonyl (C=O) groups excluding carboxylic acids is 1. The van der Waals surface area contributed by atoms with Gasteiger partial charge in [0.15, 0.2) is 0 Å². The largest absolute Gasteiger partial charge is 0.461 e. The van der Waals surface area contributed by atoms with E-state index in [1.807, 2.05) is 24.3 Å². The summed E-state index contributed by atoms with van der Waals surface area (Å²) in [7, 11) is 0. The van der Waals surface area contributed by atoms with Crippen molar-refractivity contribution in [2.75, 3.05) is 6.61 Å². The molecule has 0 aromatic heterocycles. The lowest BCUT2D eigenvalue weighted by molar-refractivity contribution is 0.0373. The molecule has 0 bridgehead atoms. The zero-order chi connectivity index (χ0) is 9.47. The second-order valence-corrected chi connectivity index (χ2v) is 4.01. The molecular weight excluding hydrogens is 164 g/mol. The molecule has 1 aromatic rings. The van der Waals surface area contributed by atoms with Gasteiger partial charge >= 0.3 is 5.97 Å². The van der Waals surface area contributed by atoms with Crippen molar-refractivity contribution in [1.29, 1.82) is 0 Å². The third kappa shape index (κ3) is 1.22. The van der Waals surface area contributed by atoms with Crippen molar-refractivity contribution >= 4 is 5.97 Å². The van der Waals surface area contributed by atoms with Gasteiger partial charge in [0.05, 0.1) is 5.56 Å². The molecule has 0 N–H and O–H groups in total. The molecule has 0 unspecified atom stereocenters. The lowest BCUT2D eigenvalue weighted by Crippen LogP contribution is -2.33. The first kappa shape index (κ1) is 8.30. The van der Waals surface area contributed by atoms with Crippen molar-refractivity contribution < 1.29 is 9.53 Å². The van der Waals surface area contributed by atoms with Crippen molar-refractivity contribution in [3.63, 3.8) is 0 Å². The van der Waals surface area contributed by atoms with Gasteiger partial charge in [-0.25, -0.2) is 4.79 Å². The lowest BCUT2D eigenvalue weighted by Gasteiger charge is -2.31. The lowest BCUT2D eigenvalue weighted by atomic mass is 9.81. The van der Waals surface area contributed by atoms with Crippen LogP contribution in [0.1, 0.15) is 29.8 Å². The summed E-state index contributed by atoms with van der Waals surface area (Å²) in [5, 5.41) is 0. The summed E-state index contributed by atoms with van der Waals surface area (Å²) in [6.07, 6.45) is 0. The molecule has 0 amide bonds. The van der Waals surface area contributed by atoms with Crippen molar-refractivity contribution in [1.82, 2.24) is 0 Å². The Morgan fingerprint density at radius 1 is 1.31 bits per heavy atom. The maximum atomic E-state index is 11.4. The molecule has 0 saturated carbocycles. The summed E-state index contributed by atoms with van der Waals surface area (Å²) >= 11 is 0. The monoisotopic (exact) mass is 176 g/mol. The normalized spacial score (nSPS) is 19.1. The maximum absolute atomic E-state index is 11.4. The average molecular weight is 176 g/mol. The van der Waals surface area contributed by atoms with Crippen LogP contribution in [0.15, 0.2) is 24.3 Å². The Bertz CT molecular complexity index is 353. The van der Waals surface area contributed by atoms with Crippen LogP contribution in [0, 0.1) is 0 Å². The molecule has 2 nitrogen and oxygen atoms in total. The predicted octanol–water partition coefficient (Wildman–Crippen LogP) is 2.13. The summed E-state index contributed by atoms with van der Waals surface area (Å²) < 4.78 is 5.08. The van der Waals surface area contributed by atoms with Crippen molar-refractivity contribution in [3.05, 3.63) is 35.4 Å². The minimum atomic E-state index is -0.199. The number of carbonyl (C=O) groups is 1. The van der Waals surface area contributed by atoms with Gasteiger partial charge in [0, 0.05) is 5.41 Å². The van der Waals surface area contributed by atoms with E-state index >= 15 is 0 Å². The van der Waals surface area contributed by atoms with Gasteiger partial charge in [0.2, 0.25) is 0 Å². The number of hydrogen-bond acceptors (Lipinski definition) is 2. The molecule has 2 heteroatoms. The van der Waals surface area contributed by atoms with E-state index in [1.165, 1.54) is 0 Å². The highest BCUT2D eigenvalue weighted by Crippen LogP contribution is 2.31. The fourth-order valence-electron chi connectivity index (χ4n) is 1.65. The van der Waals surface area contributed by atoms with Crippen LogP contribution < -0.4 is 0 Å². The van der Waals surface area contributed by atoms with E-state index in [0.29, 0.717) is 12.2 Å². The molecule has 0 saturated heterocycles. The third-order valence-electron chi connectivity index (χ3n) is 2.44. The molecule has 0 radical (unpaired) electrons. The molecule has 1 heterocycles. The zero-order valence-corrected chi connectivity index (χ0v) is 7.83. The van der Waals surface area contributed by atoms with E-state index in [9.17, 15) is 4.79 Å². The fourth-order valence-corrected chi connectivity index (χ4v) is 1.65. The van der Waals surface area contributed by atoms with E-state index < -0.39 is 0 Å². The summed E-state index contributed by atoms with van der Waals surface area (Å²) in [4.78, 5) is 11.4. The minimum Gasteiger partial charge on any atom is -0.461 e. The minimum absolute atomic E-state index is 0.0511. The highest BCUT2D eigenvalue weighted by atomic mass is 16.5. The van der Waals surface area contributed by atoms with Gasteiger partial charge in [-0.15, -0.1) is 0 Å². The van der Waals surface area contributed by atoms with Gasteiger partial charge in [-0.05, 0) is 11.6 Å². The fraction of sp³-hybridized carbons (Fsp3) is 0.364. The van der Waals surface area contributed by atoms with Crippen LogP contribution in [0.3, 0.4) is 0 Å². The molecule has 0 spiro atoms. The quantitative estimate of drug-likeness (QED) is 0.566. The zero-order valence-electron chi connectivity index (χ0n) is 7.83. The van der Waals surface area contributed by atoms with Crippen LogP contribution >= 0.6 is 0 Å². The first-order valence-corrected chi connectivity index (χ1v) is 4.38. The Balaban J connectivity index is 2.61. The van der Waals surface area contributed by atoms with Gasteiger partial charge in [-0.3, -0.25) is 0 Å². The maximum Gasteiger partial charge on any atom is 0.338 e. The van der Waals surface area contributed by atoms with Crippen LogP contribution in [0.4, 0.5) is 0 Å². The van der Waals surface area contributed by atoms with Crippen molar-refractivity contribution in [2.24, 2.45) is 0 Å². The summed E-state index contributed by atoms with van der Waals surface area (Å²) in [6.45, 7) is 4.64. The molecule has 1 aliphatic heterocycles. The number of esters is 1. The smallest absolute Gasteiger partial charge is 0.338 e. The van der Waals surface area contributed by atoms with Crippen molar-refractivity contribution in [2.45, 2.75) is 19.3 Å². The second-order valence-electron chi connectivity index (χ2n) is 4.01. The standard InChI is InChI=1S/C11H12O2/c1-11(2)7-13-10(12)8-5-3-4-6-9(8)11/h3-6H,7H2,1-2H3. The molecule has 1 aliphatic rings. The van der Waals surface area contributed by atoms with Crippen LogP contribution in [0.25, 0.3) is 0 Å². The molecular formula is C11H12O2. The Labute approximate surface area is 77.5 Å². The Morgan fingerprint density at radius 2 is 2.00 bits per heavy atom. The van der Waals surface area contributed by atoms with Gasteiger partial charge in [0.25, 0.3) is 0 Å². The number of fused-ring (bicyclic) bond motifs is 1.